The Bertz CT molecular complexity index is 2660. The number of ether oxygens (including phenoxy) is 1. The molecule has 1 aliphatic carbocycles. The number of aliphatic imine (C=N–C) groups is 1. The van der Waals surface area contributed by atoms with Gasteiger partial charge in [0.25, 0.3) is 0 Å². The Balaban J connectivity index is 0.00000102. The van der Waals surface area contributed by atoms with Gasteiger partial charge in [-0.25, -0.2) is 4.99 Å². The predicted molar refractivity (Wildman–Crippen MR) is 230 cm³/mol. The molecule has 2 aliphatic rings. The summed E-state index contributed by atoms with van der Waals surface area (Å²) in [4.78, 5) is 5.01. The minimum Gasteiger partial charge on any atom is -0.455 e. The third-order valence-corrected chi connectivity index (χ3v) is 10.4. The van der Waals surface area contributed by atoms with Gasteiger partial charge in [0, 0.05) is 27.6 Å². The van der Waals surface area contributed by atoms with Crippen molar-refractivity contribution < 1.29 is 4.74 Å². The highest BCUT2D eigenvalue weighted by molar-refractivity contribution is 6.15. The number of aromatic nitrogens is 1. The topological polar surface area (TPSA) is 62.4 Å². The van der Waals surface area contributed by atoms with E-state index >= 15 is 0 Å². The van der Waals surface area contributed by atoms with Gasteiger partial charge >= 0.3 is 0 Å². The lowest BCUT2D eigenvalue weighted by molar-refractivity contribution is 0.483. The van der Waals surface area contributed by atoms with Crippen molar-refractivity contribution in [2.75, 3.05) is 0 Å². The van der Waals surface area contributed by atoms with E-state index < -0.39 is 0 Å². The van der Waals surface area contributed by atoms with Crippen LogP contribution in [0.4, 0.5) is 5.69 Å². The number of hydrogen-bond donors (Lipinski definition) is 2. The van der Waals surface area contributed by atoms with Crippen molar-refractivity contribution in [1.82, 2.24) is 9.88 Å². The van der Waals surface area contributed by atoms with Crippen molar-refractivity contribution in [1.29, 1.82) is 5.41 Å². The van der Waals surface area contributed by atoms with Crippen molar-refractivity contribution in [3.05, 3.63) is 210 Å². The summed E-state index contributed by atoms with van der Waals surface area (Å²) >= 11 is 0. The molecule has 55 heavy (non-hydrogen) atoms. The van der Waals surface area contributed by atoms with Gasteiger partial charge in [-0.2, -0.15) is 0 Å². The Hall–Kier alpha value is -6.98. The molecule has 2 heterocycles. The lowest BCUT2D eigenvalue weighted by atomic mass is 9.82. The summed E-state index contributed by atoms with van der Waals surface area (Å²) in [7, 11) is 0. The number of hydrogen-bond acceptors (Lipinski definition) is 4. The maximum Gasteiger partial charge on any atom is 0.156 e. The lowest BCUT2D eigenvalue weighted by Gasteiger charge is -2.22. The Morgan fingerprint density at radius 2 is 1.36 bits per heavy atom. The van der Waals surface area contributed by atoms with Gasteiger partial charge in [0.05, 0.1) is 28.3 Å². The molecule has 9 rings (SSSR count). The predicted octanol–water partition coefficient (Wildman–Crippen LogP) is 12.5. The zero-order chi connectivity index (χ0) is 38.1. The first-order valence-electron chi connectivity index (χ1n) is 18.5. The molecule has 1 aliphatic heterocycles. The quantitative estimate of drug-likeness (QED) is 0.128. The van der Waals surface area contributed by atoms with Gasteiger partial charge in [-0.15, -0.1) is 0 Å². The molecule has 0 bridgehead atoms. The molecule has 0 radical (unpaired) electrons. The first-order chi connectivity index (χ1) is 26.8. The number of nitrogens with zero attached hydrogens (tertiary/aromatic N) is 2. The molecule has 2 N–H and O–H groups in total. The molecule has 0 spiro atoms. The van der Waals surface area contributed by atoms with Crippen LogP contribution in [0.5, 0.6) is 11.5 Å². The summed E-state index contributed by atoms with van der Waals surface area (Å²) in [5.74, 6) is 2.41. The van der Waals surface area contributed by atoms with Crippen molar-refractivity contribution in [3.63, 3.8) is 0 Å². The van der Waals surface area contributed by atoms with Crippen molar-refractivity contribution in [2.45, 2.75) is 26.2 Å². The maximum atomic E-state index is 8.80. The van der Waals surface area contributed by atoms with Crippen molar-refractivity contribution >= 4 is 33.8 Å². The third-order valence-electron chi connectivity index (χ3n) is 10.4. The summed E-state index contributed by atoms with van der Waals surface area (Å²) in [6.45, 7) is 13.5. The third kappa shape index (κ3) is 6.40. The van der Waals surface area contributed by atoms with E-state index in [0.717, 1.165) is 67.7 Å². The number of nitrogens with one attached hydrogen (secondary N) is 2. The number of amidine groups is 1. The minimum absolute atomic E-state index is 0.124. The van der Waals surface area contributed by atoms with Gasteiger partial charge in [0.2, 0.25) is 0 Å². The Morgan fingerprint density at radius 1 is 0.727 bits per heavy atom. The summed E-state index contributed by atoms with van der Waals surface area (Å²) in [5.41, 5.74) is 13.2. The van der Waals surface area contributed by atoms with E-state index in [-0.39, 0.29) is 5.41 Å². The van der Waals surface area contributed by atoms with Gasteiger partial charge in [-0.05, 0) is 95.4 Å². The van der Waals surface area contributed by atoms with Crippen LogP contribution in [0.2, 0.25) is 0 Å². The average Bonchev–Trinajstić information content (AvgIpc) is 3.62. The molecule has 0 amide bonds. The van der Waals surface area contributed by atoms with Crippen LogP contribution in [0.1, 0.15) is 47.4 Å². The van der Waals surface area contributed by atoms with Crippen LogP contribution in [0.3, 0.4) is 0 Å². The van der Waals surface area contributed by atoms with Crippen LogP contribution < -0.4 is 10.1 Å². The summed E-state index contributed by atoms with van der Waals surface area (Å²) < 4.78 is 8.99. The largest absolute Gasteiger partial charge is 0.455 e. The van der Waals surface area contributed by atoms with Crippen LogP contribution in [0.25, 0.3) is 33.4 Å². The summed E-state index contributed by atoms with van der Waals surface area (Å²) in [6.07, 6.45) is 5.17. The zero-order valence-electron chi connectivity index (χ0n) is 31.3. The standard InChI is InChI=1S/C46H36N4O.C4H6/c1-29-44(51-33-16-8-5-9-17-33)37-26-39-36(34-18-10-12-20-38(34)46(39,2)3)27-43(37)50(29)32-24-22-31(23-25-32)45-48-41-21-13-11-19-35(41)42(49-45)28-40(47)30-14-6-4-7-15-30;1-3-4-2/h4-28,47H,1-3H3,(H,48,49);3-4H,1-2H2/b42-28-,47-40?;. The smallest absolute Gasteiger partial charge is 0.156 e. The van der Waals surface area contributed by atoms with Crippen LogP contribution >= 0.6 is 0 Å². The molecule has 1 aromatic heterocycles. The van der Waals surface area contributed by atoms with Crippen LogP contribution in [0, 0.1) is 12.3 Å². The molecule has 0 atom stereocenters. The van der Waals surface area contributed by atoms with Gasteiger partial charge in [0.15, 0.2) is 5.75 Å². The van der Waals surface area contributed by atoms with Gasteiger partial charge in [-0.3, -0.25) is 0 Å². The second-order valence-corrected chi connectivity index (χ2v) is 14.2. The van der Waals surface area contributed by atoms with E-state index in [1.165, 1.54) is 22.3 Å². The van der Waals surface area contributed by atoms with Crippen molar-refractivity contribution in [3.8, 4) is 28.3 Å². The molecule has 5 nitrogen and oxygen atoms in total. The highest BCUT2D eigenvalue weighted by atomic mass is 16.5. The fourth-order valence-electron chi connectivity index (χ4n) is 7.65. The molecule has 0 unspecified atom stereocenters. The highest BCUT2D eigenvalue weighted by Crippen LogP contribution is 2.52. The summed E-state index contributed by atoms with van der Waals surface area (Å²) in [6, 6.07) is 49.9. The number of para-hydroxylation sites is 2. The Kier molecular flexibility index (Phi) is 9.21. The fourth-order valence-corrected chi connectivity index (χ4v) is 7.65. The number of rotatable bonds is 7. The maximum absolute atomic E-state index is 8.80. The average molecular weight is 715 g/mol. The van der Waals surface area contributed by atoms with E-state index in [1.807, 2.05) is 91.0 Å². The molecule has 0 fully saturated rings. The highest BCUT2D eigenvalue weighted by Gasteiger charge is 2.36. The van der Waals surface area contributed by atoms with Crippen LogP contribution in [-0.2, 0) is 5.41 Å². The second-order valence-electron chi connectivity index (χ2n) is 14.2. The number of benzene rings is 6. The Morgan fingerprint density at radius 3 is 2.07 bits per heavy atom. The molecular formula is C50H42N4O. The number of fused-ring (bicyclic) bond motifs is 5. The molecule has 268 valence electrons. The molecule has 0 saturated carbocycles. The monoisotopic (exact) mass is 714 g/mol. The lowest BCUT2D eigenvalue weighted by Crippen LogP contribution is -2.26. The molecular weight excluding hydrogens is 673 g/mol. The fraction of sp³-hybridized carbons (Fsp3) is 0.0800. The van der Waals surface area contributed by atoms with E-state index in [1.54, 1.807) is 12.2 Å². The Labute approximate surface area is 322 Å². The van der Waals surface area contributed by atoms with Crippen molar-refractivity contribution in [2.24, 2.45) is 4.99 Å². The van der Waals surface area contributed by atoms with Gasteiger partial charge < -0.3 is 20.0 Å². The van der Waals surface area contributed by atoms with Gasteiger partial charge in [0.1, 0.15) is 11.6 Å². The minimum atomic E-state index is -0.124. The first kappa shape index (κ1) is 35.1. The van der Waals surface area contributed by atoms with Crippen LogP contribution in [-0.4, -0.2) is 16.1 Å². The number of allylic oxidation sites excluding steroid dienone is 3. The molecule has 6 aromatic carbocycles. The van der Waals surface area contributed by atoms with Crippen LogP contribution in [0.15, 0.2) is 182 Å². The normalized spacial score (nSPS) is 14.0. The van der Waals surface area contributed by atoms with E-state index in [4.69, 9.17) is 15.1 Å². The van der Waals surface area contributed by atoms with E-state index in [0.29, 0.717) is 5.71 Å². The SMILES string of the molecule is C=CC=C.Cc1c(Oc2ccccc2)c2cc3c(cc2n1-c1ccc(C2=Nc4ccccc4/C(=C/C(=N)c4ccccc4)N2)cc1)-c1ccccc1C3(C)C. The molecule has 0 saturated heterocycles. The van der Waals surface area contributed by atoms with E-state index in [9.17, 15) is 0 Å². The molecule has 7 aromatic rings. The summed E-state index contributed by atoms with van der Waals surface area (Å²) in [5, 5.41) is 13.4. The molecule has 5 heteroatoms. The second kappa shape index (κ2) is 14.4. The van der Waals surface area contributed by atoms with Gasteiger partial charge in [-0.1, -0.05) is 130 Å². The first-order valence-corrected chi connectivity index (χ1v) is 18.5. The van der Waals surface area contributed by atoms with E-state index in [2.05, 4.69) is 104 Å². The zero-order valence-corrected chi connectivity index (χ0v) is 31.3.